The van der Waals surface area contributed by atoms with Crippen molar-refractivity contribution in [3.05, 3.63) is 29.8 Å². The maximum atomic E-state index is 11.5. The highest BCUT2D eigenvalue weighted by Gasteiger charge is 2.03. The van der Waals surface area contributed by atoms with E-state index in [4.69, 9.17) is 5.73 Å². The van der Waals surface area contributed by atoms with Gasteiger partial charge >= 0.3 is 0 Å². The molecule has 0 spiro atoms. The van der Waals surface area contributed by atoms with Crippen LogP contribution in [-0.4, -0.2) is 23.5 Å². The minimum atomic E-state index is 0.0243. The number of nitrogens with two attached hydrogens (primary N) is 1. The van der Waals surface area contributed by atoms with Crippen molar-refractivity contribution >= 4 is 23.4 Å². The van der Waals surface area contributed by atoms with E-state index in [1.54, 1.807) is 11.8 Å². The molecule has 88 valence electrons. The van der Waals surface area contributed by atoms with Gasteiger partial charge in [0, 0.05) is 17.5 Å². The molecule has 1 aromatic carbocycles. The monoisotopic (exact) mass is 238 g/mol. The zero-order valence-corrected chi connectivity index (χ0v) is 10.5. The van der Waals surface area contributed by atoms with Crippen LogP contribution in [0.25, 0.3) is 0 Å². The zero-order chi connectivity index (χ0) is 12.0. The molecule has 1 aromatic rings. The van der Waals surface area contributed by atoms with Crippen molar-refractivity contribution in [2.45, 2.75) is 19.9 Å². The highest BCUT2D eigenvalue weighted by atomic mass is 32.2. The summed E-state index contributed by atoms with van der Waals surface area (Å²) in [7, 11) is 0. The standard InChI is InChI=1S/C12H18N2OS/c1-9-4-3-5-11(6-9)14-12(15)8-16-7-10(2)13/h3-6,10H,7-8,13H2,1-2H3,(H,14,15). The molecule has 1 rings (SSSR count). The molecule has 0 saturated carbocycles. The number of thioether (sulfide) groups is 1. The van der Waals surface area contributed by atoms with Gasteiger partial charge in [0.25, 0.3) is 0 Å². The lowest BCUT2D eigenvalue weighted by atomic mass is 10.2. The fraction of sp³-hybridized carbons (Fsp3) is 0.417. The Kier molecular flexibility index (Phi) is 5.35. The molecule has 0 aliphatic carbocycles. The Morgan fingerprint density at radius 3 is 2.94 bits per heavy atom. The van der Waals surface area contributed by atoms with Gasteiger partial charge in [0.05, 0.1) is 5.75 Å². The molecule has 3 nitrogen and oxygen atoms in total. The lowest BCUT2D eigenvalue weighted by Gasteiger charge is -2.07. The summed E-state index contributed by atoms with van der Waals surface area (Å²) in [6.07, 6.45) is 0. The van der Waals surface area contributed by atoms with Crippen LogP contribution in [0, 0.1) is 6.92 Å². The summed E-state index contributed by atoms with van der Waals surface area (Å²) in [5.41, 5.74) is 7.59. The largest absolute Gasteiger partial charge is 0.327 e. The Balaban J connectivity index is 2.34. The van der Waals surface area contributed by atoms with Gasteiger partial charge in [0.2, 0.25) is 5.91 Å². The van der Waals surface area contributed by atoms with Gasteiger partial charge in [-0.25, -0.2) is 0 Å². The van der Waals surface area contributed by atoms with Crippen molar-refractivity contribution < 1.29 is 4.79 Å². The molecule has 0 aliphatic rings. The Labute approximate surface area is 101 Å². The van der Waals surface area contributed by atoms with Crippen molar-refractivity contribution in [2.24, 2.45) is 5.73 Å². The van der Waals surface area contributed by atoms with Crippen molar-refractivity contribution in [1.29, 1.82) is 0 Å². The van der Waals surface area contributed by atoms with Gasteiger partial charge in [-0.05, 0) is 31.5 Å². The number of nitrogens with one attached hydrogen (secondary N) is 1. The van der Waals surface area contributed by atoms with Crippen molar-refractivity contribution in [3.63, 3.8) is 0 Å². The van der Waals surface area contributed by atoms with Gasteiger partial charge in [-0.15, -0.1) is 0 Å². The van der Waals surface area contributed by atoms with Crippen molar-refractivity contribution in [2.75, 3.05) is 16.8 Å². The van der Waals surface area contributed by atoms with E-state index in [1.165, 1.54) is 0 Å². The van der Waals surface area contributed by atoms with Gasteiger partial charge in [0.1, 0.15) is 0 Å². The second-order valence-corrected chi connectivity index (χ2v) is 4.94. The number of hydrogen-bond donors (Lipinski definition) is 2. The van der Waals surface area contributed by atoms with Crippen molar-refractivity contribution in [1.82, 2.24) is 0 Å². The number of benzene rings is 1. The summed E-state index contributed by atoms with van der Waals surface area (Å²) >= 11 is 1.56. The van der Waals surface area contributed by atoms with E-state index < -0.39 is 0 Å². The van der Waals surface area contributed by atoms with E-state index in [-0.39, 0.29) is 11.9 Å². The van der Waals surface area contributed by atoms with Crippen LogP contribution in [0.1, 0.15) is 12.5 Å². The third kappa shape index (κ3) is 5.19. The summed E-state index contributed by atoms with van der Waals surface area (Å²) in [4.78, 5) is 11.5. The molecular weight excluding hydrogens is 220 g/mol. The Morgan fingerprint density at radius 1 is 1.56 bits per heavy atom. The summed E-state index contributed by atoms with van der Waals surface area (Å²) < 4.78 is 0. The number of rotatable bonds is 5. The molecule has 0 saturated heterocycles. The zero-order valence-electron chi connectivity index (χ0n) is 9.69. The summed E-state index contributed by atoms with van der Waals surface area (Å²) in [6, 6.07) is 7.91. The topological polar surface area (TPSA) is 55.1 Å². The van der Waals surface area contributed by atoms with Crippen LogP contribution >= 0.6 is 11.8 Å². The first-order valence-electron chi connectivity index (χ1n) is 5.28. The first-order chi connectivity index (χ1) is 7.58. The highest BCUT2D eigenvalue weighted by Crippen LogP contribution is 2.10. The lowest BCUT2D eigenvalue weighted by Crippen LogP contribution is -2.20. The maximum absolute atomic E-state index is 11.5. The number of aryl methyl sites for hydroxylation is 1. The molecule has 0 bridgehead atoms. The van der Waals surface area contributed by atoms with Crippen LogP contribution in [0.15, 0.2) is 24.3 Å². The van der Waals surface area contributed by atoms with Crippen LogP contribution < -0.4 is 11.1 Å². The van der Waals surface area contributed by atoms with E-state index in [1.807, 2.05) is 38.1 Å². The quantitative estimate of drug-likeness (QED) is 0.825. The van der Waals surface area contributed by atoms with Gasteiger partial charge in [-0.1, -0.05) is 12.1 Å². The number of amides is 1. The van der Waals surface area contributed by atoms with E-state index in [0.717, 1.165) is 17.0 Å². The minimum Gasteiger partial charge on any atom is -0.327 e. The fourth-order valence-corrected chi connectivity index (χ4v) is 2.00. The SMILES string of the molecule is Cc1cccc(NC(=O)CSCC(C)N)c1. The highest BCUT2D eigenvalue weighted by molar-refractivity contribution is 8.00. The molecular formula is C12H18N2OS. The minimum absolute atomic E-state index is 0.0243. The average Bonchev–Trinajstić information content (AvgIpc) is 2.16. The summed E-state index contributed by atoms with van der Waals surface area (Å²) in [5, 5.41) is 2.86. The molecule has 0 radical (unpaired) electrons. The fourth-order valence-electron chi connectivity index (χ4n) is 1.26. The second-order valence-electron chi connectivity index (χ2n) is 3.91. The molecule has 0 aromatic heterocycles. The van der Waals surface area contributed by atoms with Gasteiger partial charge in [0.15, 0.2) is 0 Å². The van der Waals surface area contributed by atoms with Crippen LogP contribution in [0.4, 0.5) is 5.69 Å². The average molecular weight is 238 g/mol. The van der Waals surface area contributed by atoms with Crippen LogP contribution in [0.2, 0.25) is 0 Å². The van der Waals surface area contributed by atoms with Gasteiger partial charge in [-0.3, -0.25) is 4.79 Å². The molecule has 1 unspecified atom stereocenters. The van der Waals surface area contributed by atoms with E-state index in [2.05, 4.69) is 5.32 Å². The third-order valence-electron chi connectivity index (χ3n) is 1.92. The number of carbonyl (C=O) groups is 1. The molecule has 3 N–H and O–H groups in total. The number of hydrogen-bond acceptors (Lipinski definition) is 3. The van der Waals surface area contributed by atoms with Crippen LogP contribution in [-0.2, 0) is 4.79 Å². The molecule has 16 heavy (non-hydrogen) atoms. The predicted octanol–water partition coefficient (Wildman–Crippen LogP) is 2.01. The Hall–Kier alpha value is -1.00. The lowest BCUT2D eigenvalue weighted by molar-refractivity contribution is -0.113. The van der Waals surface area contributed by atoms with E-state index in [9.17, 15) is 4.79 Å². The molecule has 0 fully saturated rings. The summed E-state index contributed by atoms with van der Waals surface area (Å²) in [6.45, 7) is 3.94. The first kappa shape index (κ1) is 13.1. The van der Waals surface area contributed by atoms with Gasteiger partial charge < -0.3 is 11.1 Å². The third-order valence-corrected chi connectivity index (χ3v) is 3.14. The Bertz CT molecular complexity index is 353. The molecule has 1 amide bonds. The van der Waals surface area contributed by atoms with Crippen LogP contribution in [0.5, 0.6) is 0 Å². The van der Waals surface area contributed by atoms with Crippen LogP contribution in [0.3, 0.4) is 0 Å². The first-order valence-corrected chi connectivity index (χ1v) is 6.43. The predicted molar refractivity (Wildman–Crippen MR) is 70.8 cm³/mol. The molecule has 4 heteroatoms. The normalized spacial score (nSPS) is 12.2. The van der Waals surface area contributed by atoms with E-state index in [0.29, 0.717) is 5.75 Å². The van der Waals surface area contributed by atoms with Gasteiger partial charge in [-0.2, -0.15) is 11.8 Å². The Morgan fingerprint density at radius 2 is 2.31 bits per heavy atom. The molecule has 0 heterocycles. The smallest absolute Gasteiger partial charge is 0.234 e. The molecule has 1 atom stereocenters. The number of anilines is 1. The van der Waals surface area contributed by atoms with Crippen molar-refractivity contribution in [3.8, 4) is 0 Å². The van der Waals surface area contributed by atoms with E-state index >= 15 is 0 Å². The molecule has 0 aliphatic heterocycles. The summed E-state index contributed by atoms with van der Waals surface area (Å²) in [5.74, 6) is 1.28. The maximum Gasteiger partial charge on any atom is 0.234 e. The number of carbonyl (C=O) groups excluding carboxylic acids is 1. The second kappa shape index (κ2) is 6.55.